The van der Waals surface area contributed by atoms with E-state index in [2.05, 4.69) is 9.44 Å². The first-order valence-electron chi connectivity index (χ1n) is 13.6. The van der Waals surface area contributed by atoms with Gasteiger partial charge in [-0.3, -0.25) is 0 Å². The van der Waals surface area contributed by atoms with Crippen molar-refractivity contribution in [2.45, 2.75) is 35.7 Å². The SMILES string of the molecule is N#Cc1cccc(S(=O)(=O)NCc2ccc(OCCCCOc3ccc(CNS(=O)(=O)c4cccc(C#N)c4)cc3)cc2)c1. The fourth-order valence-corrected chi connectivity index (χ4v) is 6.11. The Kier molecular flexibility index (Phi) is 11.1. The van der Waals surface area contributed by atoms with Crippen molar-refractivity contribution in [3.8, 4) is 23.6 Å². The van der Waals surface area contributed by atoms with E-state index < -0.39 is 20.0 Å². The van der Waals surface area contributed by atoms with Gasteiger partial charge in [-0.2, -0.15) is 10.5 Å². The molecule has 0 aliphatic rings. The first-order chi connectivity index (χ1) is 21.2. The van der Waals surface area contributed by atoms with E-state index >= 15 is 0 Å². The number of unbranched alkanes of at least 4 members (excludes halogenated alkanes) is 1. The number of nitriles is 2. The third-order valence-electron chi connectivity index (χ3n) is 6.40. The number of nitrogens with zero attached hydrogens (tertiary/aromatic N) is 2. The van der Waals surface area contributed by atoms with Gasteiger partial charge in [0.2, 0.25) is 20.0 Å². The molecule has 0 saturated carbocycles. The summed E-state index contributed by atoms with van der Waals surface area (Å²) < 4.78 is 66.7. The maximum absolute atomic E-state index is 12.5. The van der Waals surface area contributed by atoms with Crippen molar-refractivity contribution in [3.63, 3.8) is 0 Å². The van der Waals surface area contributed by atoms with Crippen molar-refractivity contribution < 1.29 is 26.3 Å². The maximum atomic E-state index is 12.5. The normalized spacial score (nSPS) is 11.3. The van der Waals surface area contributed by atoms with Crippen LogP contribution in [0.3, 0.4) is 0 Å². The molecule has 0 unspecified atom stereocenters. The van der Waals surface area contributed by atoms with E-state index in [-0.39, 0.29) is 34.0 Å². The lowest BCUT2D eigenvalue weighted by Crippen LogP contribution is -2.23. The summed E-state index contributed by atoms with van der Waals surface area (Å²) in [6.07, 6.45) is 1.52. The van der Waals surface area contributed by atoms with E-state index in [1.165, 1.54) is 36.4 Å². The molecule has 0 radical (unpaired) electrons. The molecule has 4 aromatic carbocycles. The smallest absolute Gasteiger partial charge is 0.240 e. The second kappa shape index (κ2) is 15.1. The molecule has 0 atom stereocenters. The molecule has 0 fully saturated rings. The minimum absolute atomic E-state index is 0.0409. The summed E-state index contributed by atoms with van der Waals surface area (Å²) in [6, 6.07) is 29.8. The van der Waals surface area contributed by atoms with E-state index in [0.717, 1.165) is 24.0 Å². The van der Waals surface area contributed by atoms with Crippen LogP contribution in [0.4, 0.5) is 0 Å². The Hall–Kier alpha value is -4.72. The molecule has 0 aromatic heterocycles. The summed E-state index contributed by atoms with van der Waals surface area (Å²) in [6.45, 7) is 1.18. The van der Waals surface area contributed by atoms with Gasteiger partial charge in [-0.05, 0) is 84.6 Å². The Morgan fingerprint density at radius 1 is 0.568 bits per heavy atom. The minimum Gasteiger partial charge on any atom is -0.494 e. The Balaban J connectivity index is 1.12. The van der Waals surface area contributed by atoms with E-state index in [0.29, 0.717) is 24.7 Å². The third-order valence-corrected chi connectivity index (χ3v) is 9.20. The molecule has 44 heavy (non-hydrogen) atoms. The molecule has 0 heterocycles. The lowest BCUT2D eigenvalue weighted by atomic mass is 10.2. The van der Waals surface area contributed by atoms with E-state index in [9.17, 15) is 16.8 Å². The van der Waals surface area contributed by atoms with Gasteiger partial charge in [0.05, 0.1) is 46.3 Å². The van der Waals surface area contributed by atoms with Crippen LogP contribution in [0, 0.1) is 22.7 Å². The van der Waals surface area contributed by atoms with Crippen molar-refractivity contribution in [2.75, 3.05) is 13.2 Å². The number of nitrogens with one attached hydrogen (secondary N) is 2. The quantitative estimate of drug-likeness (QED) is 0.180. The van der Waals surface area contributed by atoms with Crippen LogP contribution >= 0.6 is 0 Å². The van der Waals surface area contributed by atoms with Crippen LogP contribution in [0.25, 0.3) is 0 Å². The molecule has 226 valence electrons. The molecule has 4 rings (SSSR count). The molecule has 0 bridgehead atoms. The highest BCUT2D eigenvalue weighted by Gasteiger charge is 2.15. The molecular formula is C32H30N4O6S2. The molecule has 12 heteroatoms. The molecule has 2 N–H and O–H groups in total. The van der Waals surface area contributed by atoms with Crippen LogP contribution in [-0.2, 0) is 33.1 Å². The summed E-state index contributed by atoms with van der Waals surface area (Å²) >= 11 is 0. The topological polar surface area (TPSA) is 158 Å². The summed E-state index contributed by atoms with van der Waals surface area (Å²) in [4.78, 5) is 0.0819. The number of sulfonamides is 2. The number of hydrogen-bond acceptors (Lipinski definition) is 8. The number of benzene rings is 4. The van der Waals surface area contributed by atoms with Gasteiger partial charge in [-0.1, -0.05) is 36.4 Å². The highest BCUT2D eigenvalue weighted by molar-refractivity contribution is 7.89. The number of rotatable bonds is 15. The monoisotopic (exact) mass is 630 g/mol. The van der Waals surface area contributed by atoms with Gasteiger partial charge in [-0.25, -0.2) is 26.3 Å². The number of hydrogen-bond donors (Lipinski definition) is 2. The van der Waals surface area contributed by atoms with Crippen LogP contribution in [0.5, 0.6) is 11.5 Å². The molecule has 0 aliphatic carbocycles. The van der Waals surface area contributed by atoms with Gasteiger partial charge in [0.15, 0.2) is 0 Å². The van der Waals surface area contributed by atoms with Crippen molar-refractivity contribution in [1.29, 1.82) is 10.5 Å². The van der Waals surface area contributed by atoms with Gasteiger partial charge < -0.3 is 9.47 Å². The second-order valence-electron chi connectivity index (χ2n) is 9.62. The molecule has 0 aliphatic heterocycles. The minimum atomic E-state index is -3.74. The molecule has 10 nitrogen and oxygen atoms in total. The van der Waals surface area contributed by atoms with Crippen LogP contribution in [0.15, 0.2) is 107 Å². The van der Waals surface area contributed by atoms with Gasteiger partial charge in [-0.15, -0.1) is 0 Å². The summed E-state index contributed by atoms with van der Waals surface area (Å²) in [5.74, 6) is 1.34. The lowest BCUT2D eigenvalue weighted by molar-refractivity contribution is 0.266. The van der Waals surface area contributed by atoms with Gasteiger partial charge >= 0.3 is 0 Å². The van der Waals surface area contributed by atoms with E-state index in [1.54, 1.807) is 60.7 Å². The Bertz CT molecular complexity index is 1720. The second-order valence-corrected chi connectivity index (χ2v) is 13.2. The van der Waals surface area contributed by atoms with Crippen molar-refractivity contribution in [3.05, 3.63) is 119 Å². The van der Waals surface area contributed by atoms with Crippen molar-refractivity contribution in [1.82, 2.24) is 9.44 Å². The van der Waals surface area contributed by atoms with Gasteiger partial charge in [0, 0.05) is 13.1 Å². The first-order valence-corrected chi connectivity index (χ1v) is 16.6. The van der Waals surface area contributed by atoms with Crippen LogP contribution in [-0.4, -0.2) is 30.0 Å². The highest BCUT2D eigenvalue weighted by atomic mass is 32.2. The van der Waals surface area contributed by atoms with Gasteiger partial charge in [0.25, 0.3) is 0 Å². The Morgan fingerprint density at radius 3 is 1.32 bits per heavy atom. The summed E-state index contributed by atoms with van der Waals surface area (Å²) in [5, 5.41) is 18.0. The molecule has 4 aromatic rings. The Morgan fingerprint density at radius 2 is 0.955 bits per heavy atom. The molecule has 0 spiro atoms. The fraction of sp³-hybridized carbons (Fsp3) is 0.188. The fourth-order valence-electron chi connectivity index (χ4n) is 3.98. The van der Waals surface area contributed by atoms with E-state index in [4.69, 9.17) is 20.0 Å². The average Bonchev–Trinajstić information content (AvgIpc) is 3.05. The average molecular weight is 631 g/mol. The third kappa shape index (κ3) is 9.39. The standard InChI is InChI=1S/C32H30N4O6S2/c33-21-27-5-3-7-31(19-27)43(37,38)35-23-25-9-13-29(14-10-25)41-17-1-2-18-42-30-15-11-26(12-16-30)24-36-44(39,40)32-8-4-6-28(20-32)22-34/h3-16,19-20,35-36H,1-2,17-18,23-24H2. The highest BCUT2D eigenvalue weighted by Crippen LogP contribution is 2.17. The Labute approximate surface area is 257 Å². The predicted octanol–water partition coefficient (Wildman–Crippen LogP) is 4.62. The van der Waals surface area contributed by atoms with Crippen LogP contribution in [0.1, 0.15) is 35.1 Å². The summed E-state index contributed by atoms with van der Waals surface area (Å²) in [7, 11) is -7.49. The van der Waals surface area contributed by atoms with Crippen molar-refractivity contribution in [2.24, 2.45) is 0 Å². The molecule has 0 saturated heterocycles. The largest absolute Gasteiger partial charge is 0.494 e. The van der Waals surface area contributed by atoms with Crippen LogP contribution < -0.4 is 18.9 Å². The van der Waals surface area contributed by atoms with Gasteiger partial charge in [0.1, 0.15) is 11.5 Å². The number of ether oxygens (including phenoxy) is 2. The lowest BCUT2D eigenvalue weighted by Gasteiger charge is -2.10. The zero-order chi connectivity index (χ0) is 31.4. The zero-order valence-corrected chi connectivity index (χ0v) is 25.3. The zero-order valence-electron chi connectivity index (χ0n) is 23.6. The van der Waals surface area contributed by atoms with Crippen LogP contribution in [0.2, 0.25) is 0 Å². The maximum Gasteiger partial charge on any atom is 0.240 e. The summed E-state index contributed by atoms with van der Waals surface area (Å²) in [5.41, 5.74) is 2.08. The molecule has 0 amide bonds. The predicted molar refractivity (Wildman–Crippen MR) is 163 cm³/mol. The first kappa shape index (κ1) is 32.2. The van der Waals surface area contributed by atoms with E-state index in [1.807, 2.05) is 12.1 Å². The van der Waals surface area contributed by atoms with Crippen molar-refractivity contribution >= 4 is 20.0 Å². The molecular weight excluding hydrogens is 601 g/mol.